The Morgan fingerprint density at radius 1 is 1.12 bits per heavy atom. The molecule has 0 aromatic heterocycles. The van der Waals surface area contributed by atoms with Crippen molar-refractivity contribution < 1.29 is 9.53 Å². The maximum Gasteiger partial charge on any atom is 0.193 e. The van der Waals surface area contributed by atoms with Crippen molar-refractivity contribution in [2.45, 2.75) is 45.1 Å². The molecule has 2 aliphatic carbocycles. The summed E-state index contributed by atoms with van der Waals surface area (Å²) in [6.07, 6.45) is 1.65. The van der Waals surface area contributed by atoms with Crippen molar-refractivity contribution >= 4 is 17.0 Å². The maximum atomic E-state index is 13.8. The van der Waals surface area contributed by atoms with Gasteiger partial charge in [0.25, 0.3) is 0 Å². The predicted octanol–water partition coefficient (Wildman–Crippen LogP) is 4.13. The van der Waals surface area contributed by atoms with Crippen LogP contribution in [0.4, 0.5) is 5.69 Å². The molecule has 2 saturated heterocycles. The number of Topliss-reactive ketones (excluding diaryl/α,β-unsaturated/α-hetero) is 1. The fraction of sp³-hybridized carbons (Fsp3) is 0.448. The number of rotatable bonds is 3. The number of ketones is 1. The van der Waals surface area contributed by atoms with Crippen molar-refractivity contribution in [2.24, 2.45) is 0 Å². The van der Waals surface area contributed by atoms with Gasteiger partial charge < -0.3 is 9.64 Å². The van der Waals surface area contributed by atoms with E-state index in [1.165, 1.54) is 16.8 Å². The smallest absolute Gasteiger partial charge is 0.193 e. The number of nitrogens with zero attached hydrogens (tertiary/aromatic N) is 3. The van der Waals surface area contributed by atoms with Gasteiger partial charge in [-0.2, -0.15) is 5.26 Å². The molecule has 0 bridgehead atoms. The first-order valence-corrected chi connectivity index (χ1v) is 12.5. The van der Waals surface area contributed by atoms with Crippen molar-refractivity contribution in [3.8, 4) is 6.07 Å². The van der Waals surface area contributed by atoms with Crippen LogP contribution in [0.15, 0.2) is 35.9 Å². The SMILES string of the molecule is CCc1cc2c(cc1N1CC(N3CCOCC3)C1)C(C)(C)C1=C(C2=O)c2ccc(C#N)cc2C1. The molecule has 0 spiro atoms. The highest BCUT2D eigenvalue weighted by Gasteiger charge is 2.44. The molecule has 0 radical (unpaired) electrons. The summed E-state index contributed by atoms with van der Waals surface area (Å²) in [5.74, 6) is 0.142. The minimum absolute atomic E-state index is 0.142. The van der Waals surface area contributed by atoms with E-state index in [0.29, 0.717) is 11.6 Å². The zero-order chi connectivity index (χ0) is 23.6. The number of carbonyl (C=O) groups is 1. The standard InChI is InChI=1S/C29H31N3O2/c1-4-19-12-23-24(14-26(19)32-16-21(17-32)31-7-9-34-10-8-31)29(2,3)25-13-20-11-18(15-30)5-6-22(20)27(25)28(23)33/h5-6,11-12,14,21H,4,7-10,13,16-17H2,1-3H3. The molecule has 0 amide bonds. The number of fused-ring (bicyclic) bond motifs is 3. The largest absolute Gasteiger partial charge is 0.379 e. The second kappa shape index (κ2) is 7.80. The van der Waals surface area contributed by atoms with E-state index in [9.17, 15) is 10.1 Å². The zero-order valence-corrected chi connectivity index (χ0v) is 20.3. The molecule has 6 rings (SSSR count). The van der Waals surface area contributed by atoms with Gasteiger partial charge in [-0.15, -0.1) is 0 Å². The summed E-state index contributed by atoms with van der Waals surface area (Å²) in [5.41, 5.74) is 9.13. The van der Waals surface area contributed by atoms with Crippen LogP contribution in [0.1, 0.15) is 58.9 Å². The molecule has 4 aliphatic rings. The van der Waals surface area contributed by atoms with E-state index in [-0.39, 0.29) is 11.2 Å². The normalized spacial score (nSPS) is 21.6. The van der Waals surface area contributed by atoms with Gasteiger partial charge in [-0.25, -0.2) is 0 Å². The quantitative estimate of drug-likeness (QED) is 0.700. The van der Waals surface area contributed by atoms with Crippen LogP contribution in [0, 0.1) is 11.3 Å². The van der Waals surface area contributed by atoms with Gasteiger partial charge in [0.05, 0.1) is 24.8 Å². The number of nitriles is 1. The molecule has 5 nitrogen and oxygen atoms in total. The van der Waals surface area contributed by atoms with Gasteiger partial charge in [-0.1, -0.05) is 26.8 Å². The molecule has 2 fully saturated rings. The monoisotopic (exact) mass is 453 g/mol. The van der Waals surface area contributed by atoms with Gasteiger partial charge in [-0.05, 0) is 64.9 Å². The Morgan fingerprint density at radius 2 is 1.88 bits per heavy atom. The van der Waals surface area contributed by atoms with E-state index in [2.05, 4.69) is 48.8 Å². The van der Waals surface area contributed by atoms with Crippen LogP contribution in [-0.2, 0) is 23.0 Å². The summed E-state index contributed by atoms with van der Waals surface area (Å²) in [5, 5.41) is 9.35. The summed E-state index contributed by atoms with van der Waals surface area (Å²) >= 11 is 0. The highest BCUT2D eigenvalue weighted by Crippen LogP contribution is 2.51. The van der Waals surface area contributed by atoms with Crippen LogP contribution in [0.2, 0.25) is 0 Å². The molecule has 2 aromatic rings. The topological polar surface area (TPSA) is 56.6 Å². The molecular weight excluding hydrogens is 422 g/mol. The van der Waals surface area contributed by atoms with Crippen molar-refractivity contribution in [2.75, 3.05) is 44.3 Å². The van der Waals surface area contributed by atoms with Crippen LogP contribution < -0.4 is 4.90 Å². The van der Waals surface area contributed by atoms with Gasteiger partial charge in [0.1, 0.15) is 0 Å². The molecule has 174 valence electrons. The Labute approximate surface area is 201 Å². The highest BCUT2D eigenvalue weighted by atomic mass is 16.5. The van der Waals surface area contributed by atoms with Gasteiger partial charge in [0, 0.05) is 54.5 Å². The zero-order valence-electron chi connectivity index (χ0n) is 20.3. The number of anilines is 1. The Morgan fingerprint density at radius 3 is 2.59 bits per heavy atom. The number of benzene rings is 2. The van der Waals surface area contributed by atoms with E-state index in [1.54, 1.807) is 0 Å². The third-order valence-corrected chi connectivity index (χ3v) is 8.44. The Kier molecular flexibility index (Phi) is 4.95. The summed E-state index contributed by atoms with van der Waals surface area (Å²) in [4.78, 5) is 18.9. The highest BCUT2D eigenvalue weighted by molar-refractivity contribution is 6.33. The second-order valence-electron chi connectivity index (χ2n) is 10.6. The van der Waals surface area contributed by atoms with Crippen LogP contribution in [0.5, 0.6) is 0 Å². The molecule has 2 heterocycles. The fourth-order valence-corrected chi connectivity index (χ4v) is 6.33. The van der Waals surface area contributed by atoms with E-state index in [1.807, 2.05) is 18.2 Å². The number of hydrogen-bond donors (Lipinski definition) is 0. The van der Waals surface area contributed by atoms with E-state index < -0.39 is 0 Å². The van der Waals surface area contributed by atoms with Crippen LogP contribution in [0.25, 0.3) is 5.57 Å². The Balaban J connectivity index is 1.36. The first-order valence-electron chi connectivity index (χ1n) is 12.5. The lowest BCUT2D eigenvalue weighted by atomic mass is 9.68. The van der Waals surface area contributed by atoms with Crippen LogP contribution in [-0.4, -0.2) is 56.1 Å². The van der Waals surface area contributed by atoms with Crippen molar-refractivity contribution in [1.82, 2.24) is 4.90 Å². The third kappa shape index (κ3) is 3.09. The van der Waals surface area contributed by atoms with E-state index in [4.69, 9.17) is 4.74 Å². The van der Waals surface area contributed by atoms with Gasteiger partial charge in [0.2, 0.25) is 0 Å². The maximum absolute atomic E-state index is 13.8. The molecule has 5 heteroatoms. The number of allylic oxidation sites excluding steroid dienone is 2. The van der Waals surface area contributed by atoms with Gasteiger partial charge in [-0.3, -0.25) is 9.69 Å². The average molecular weight is 454 g/mol. The Hall–Kier alpha value is -2.94. The number of carbonyl (C=O) groups excluding carboxylic acids is 1. The average Bonchev–Trinajstić information content (AvgIpc) is 3.22. The number of ether oxygens (including phenoxy) is 1. The lowest BCUT2D eigenvalue weighted by Gasteiger charge is -2.48. The van der Waals surface area contributed by atoms with Crippen LogP contribution in [0.3, 0.4) is 0 Å². The lowest BCUT2D eigenvalue weighted by Crippen LogP contribution is -2.61. The first-order chi connectivity index (χ1) is 16.4. The number of morpholine rings is 1. The number of hydrogen-bond acceptors (Lipinski definition) is 5. The minimum atomic E-state index is -0.236. The minimum Gasteiger partial charge on any atom is -0.379 e. The lowest BCUT2D eigenvalue weighted by molar-refractivity contribution is 0.0105. The van der Waals surface area contributed by atoms with Crippen molar-refractivity contribution in [1.29, 1.82) is 5.26 Å². The van der Waals surface area contributed by atoms with Crippen molar-refractivity contribution in [3.63, 3.8) is 0 Å². The van der Waals surface area contributed by atoms with Crippen molar-refractivity contribution in [3.05, 3.63) is 69.3 Å². The molecule has 0 N–H and O–H groups in total. The fourth-order valence-electron chi connectivity index (χ4n) is 6.33. The Bertz CT molecular complexity index is 1270. The predicted molar refractivity (Wildman–Crippen MR) is 133 cm³/mol. The summed E-state index contributed by atoms with van der Waals surface area (Å²) in [7, 11) is 0. The first kappa shape index (κ1) is 21.6. The van der Waals surface area contributed by atoms with Gasteiger partial charge >= 0.3 is 0 Å². The van der Waals surface area contributed by atoms with Gasteiger partial charge in [0.15, 0.2) is 5.78 Å². The van der Waals surface area contributed by atoms with Crippen LogP contribution >= 0.6 is 0 Å². The number of aryl methyl sites for hydroxylation is 1. The summed E-state index contributed by atoms with van der Waals surface area (Å²) < 4.78 is 5.52. The second-order valence-corrected chi connectivity index (χ2v) is 10.6. The summed E-state index contributed by atoms with van der Waals surface area (Å²) in [6.45, 7) is 12.5. The van der Waals surface area contributed by atoms with E-state index in [0.717, 1.165) is 80.1 Å². The molecular formula is C29H31N3O2. The van der Waals surface area contributed by atoms with E-state index >= 15 is 0 Å². The molecule has 34 heavy (non-hydrogen) atoms. The molecule has 0 unspecified atom stereocenters. The molecule has 2 aromatic carbocycles. The molecule has 0 atom stereocenters. The molecule has 2 aliphatic heterocycles. The summed E-state index contributed by atoms with van der Waals surface area (Å²) in [6, 6.07) is 13.1. The molecule has 0 saturated carbocycles. The third-order valence-electron chi connectivity index (χ3n) is 8.44.